The number of fused-ring (bicyclic) bond motifs is 1. The number of alkyl halides is 3. The van der Waals surface area contributed by atoms with Crippen molar-refractivity contribution in [1.29, 1.82) is 0 Å². The number of hydrogen-bond donors (Lipinski definition) is 1. The van der Waals surface area contributed by atoms with Crippen molar-refractivity contribution >= 4 is 26.9 Å². The van der Waals surface area contributed by atoms with Crippen LogP contribution in [-0.2, 0) is 19.3 Å². The predicted molar refractivity (Wildman–Crippen MR) is 140 cm³/mol. The maximum Gasteiger partial charge on any atom is 0.453 e. The third-order valence-electron chi connectivity index (χ3n) is 6.50. The third-order valence-corrected chi connectivity index (χ3v) is 7.15. The molecule has 0 bridgehead atoms. The van der Waals surface area contributed by atoms with E-state index in [0.29, 0.717) is 17.6 Å². The zero-order valence-corrected chi connectivity index (χ0v) is 21.8. The van der Waals surface area contributed by atoms with Gasteiger partial charge >= 0.3 is 6.18 Å². The Morgan fingerprint density at radius 3 is 2.18 bits per heavy atom. The highest BCUT2D eigenvalue weighted by molar-refractivity contribution is 9.10. The van der Waals surface area contributed by atoms with Crippen LogP contribution in [0.25, 0.3) is 11.0 Å². The van der Waals surface area contributed by atoms with Crippen LogP contribution in [0, 0.1) is 0 Å². The molecule has 0 spiro atoms. The first-order valence-corrected chi connectivity index (χ1v) is 12.8. The Hall–Kier alpha value is -3.34. The van der Waals surface area contributed by atoms with E-state index in [4.69, 9.17) is 9.15 Å². The van der Waals surface area contributed by atoms with Gasteiger partial charge in [0.2, 0.25) is 11.2 Å². The molecule has 1 N–H and O–H groups in total. The van der Waals surface area contributed by atoms with Crippen LogP contribution in [-0.4, -0.2) is 41.1 Å². The number of phenolic OH excluding ortho intramolecular Hbond substituents is 1. The quantitative estimate of drug-likeness (QED) is 0.281. The predicted octanol–water partition coefficient (Wildman–Crippen LogP) is 6.39. The minimum atomic E-state index is -5.00. The van der Waals surface area contributed by atoms with Crippen LogP contribution in [0.3, 0.4) is 0 Å². The molecule has 5 rings (SSSR count). The topological polar surface area (TPSA) is 66.2 Å². The molecule has 1 aromatic heterocycles. The highest BCUT2D eigenvalue weighted by atomic mass is 79.9. The zero-order chi connectivity index (χ0) is 26.9. The van der Waals surface area contributed by atoms with E-state index < -0.39 is 23.1 Å². The summed E-state index contributed by atoms with van der Waals surface area (Å²) in [5.41, 5.74) is 0.0699. The van der Waals surface area contributed by atoms with Crippen molar-refractivity contribution in [3.8, 4) is 17.2 Å². The number of benzene rings is 3. The molecule has 1 saturated heterocycles. The fourth-order valence-corrected chi connectivity index (χ4v) is 4.89. The second kappa shape index (κ2) is 10.8. The monoisotopic (exact) mass is 588 g/mol. The molecule has 1 fully saturated rings. The summed E-state index contributed by atoms with van der Waals surface area (Å²) in [6.07, 6.45) is -5.00. The number of hydrogen-bond acceptors (Lipinski definition) is 6. The SMILES string of the molecule is O=c1c(Oc2ccccc2Br)c(C(F)(F)F)oc2c(CN3CCN(Cc4ccccc4)CC3)c(O)ccc12. The number of ether oxygens (including phenoxy) is 1. The first-order chi connectivity index (χ1) is 18.2. The third kappa shape index (κ3) is 5.57. The van der Waals surface area contributed by atoms with Crippen LogP contribution >= 0.6 is 15.9 Å². The van der Waals surface area contributed by atoms with Gasteiger partial charge in [0.05, 0.1) is 15.4 Å². The summed E-state index contributed by atoms with van der Waals surface area (Å²) in [6, 6.07) is 18.9. The second-order valence-electron chi connectivity index (χ2n) is 9.10. The van der Waals surface area contributed by atoms with Gasteiger partial charge in [-0.15, -0.1) is 0 Å². The summed E-state index contributed by atoms with van der Waals surface area (Å²) in [4.78, 5) is 17.6. The standard InChI is InChI=1S/C28H24BrF3N2O4/c29-21-8-4-5-9-23(21)37-26-24(36)19-10-11-22(35)20(25(19)38-27(26)28(30,31)32)17-34-14-12-33(13-15-34)16-18-6-2-1-3-7-18/h1-11,35H,12-17H2. The second-order valence-corrected chi connectivity index (χ2v) is 9.95. The Balaban J connectivity index is 1.45. The van der Waals surface area contributed by atoms with Crippen molar-refractivity contribution in [2.75, 3.05) is 26.2 Å². The average molecular weight is 589 g/mol. The van der Waals surface area contributed by atoms with Crippen LogP contribution in [0.15, 0.2) is 80.4 Å². The van der Waals surface area contributed by atoms with Crippen LogP contribution < -0.4 is 10.2 Å². The first kappa shape index (κ1) is 26.3. The van der Waals surface area contributed by atoms with Gasteiger partial charge in [0.15, 0.2) is 0 Å². The van der Waals surface area contributed by atoms with Gasteiger partial charge in [-0.3, -0.25) is 14.6 Å². The van der Waals surface area contributed by atoms with E-state index >= 15 is 0 Å². The molecule has 1 aliphatic rings. The van der Waals surface area contributed by atoms with Crippen LogP contribution in [0.5, 0.6) is 17.2 Å². The van der Waals surface area contributed by atoms with Crippen molar-refractivity contribution < 1.29 is 27.4 Å². The van der Waals surface area contributed by atoms with E-state index in [9.17, 15) is 23.1 Å². The number of piperazine rings is 1. The van der Waals surface area contributed by atoms with E-state index in [2.05, 4.69) is 33.0 Å². The molecule has 0 radical (unpaired) electrons. The molecule has 0 atom stereocenters. The molecular formula is C28H24BrF3N2O4. The van der Waals surface area contributed by atoms with Crippen LogP contribution in [0.1, 0.15) is 16.9 Å². The number of nitrogens with zero attached hydrogens (tertiary/aromatic N) is 2. The lowest BCUT2D eigenvalue weighted by Crippen LogP contribution is -2.45. The van der Waals surface area contributed by atoms with Gasteiger partial charge in [-0.25, -0.2) is 0 Å². The lowest BCUT2D eigenvalue weighted by atomic mass is 10.1. The molecule has 0 aliphatic carbocycles. The molecule has 4 aromatic rings. The number of halogens is 4. The molecule has 3 aromatic carbocycles. The van der Waals surface area contributed by atoms with Crippen molar-refractivity contribution in [2.24, 2.45) is 0 Å². The molecule has 0 amide bonds. The molecule has 1 aliphatic heterocycles. The molecule has 10 heteroatoms. The fraction of sp³-hybridized carbons (Fsp3) is 0.250. The average Bonchev–Trinajstić information content (AvgIpc) is 2.89. The number of rotatable bonds is 6. The van der Waals surface area contributed by atoms with E-state index in [-0.39, 0.29) is 34.6 Å². The summed E-state index contributed by atoms with van der Waals surface area (Å²) in [5, 5.41) is 10.5. The van der Waals surface area contributed by atoms with Crippen molar-refractivity contribution in [3.05, 3.63) is 98.3 Å². The van der Waals surface area contributed by atoms with E-state index in [1.165, 1.54) is 23.8 Å². The van der Waals surface area contributed by atoms with Crippen molar-refractivity contribution in [1.82, 2.24) is 9.80 Å². The Kier molecular flexibility index (Phi) is 7.47. The summed E-state index contributed by atoms with van der Waals surface area (Å²) in [6.45, 7) is 3.72. The van der Waals surface area contributed by atoms with E-state index in [1.807, 2.05) is 23.1 Å². The summed E-state index contributed by atoms with van der Waals surface area (Å²) < 4.78 is 53.4. The lowest BCUT2D eigenvalue weighted by molar-refractivity contribution is -0.154. The lowest BCUT2D eigenvalue weighted by Gasteiger charge is -2.34. The van der Waals surface area contributed by atoms with Crippen LogP contribution in [0.2, 0.25) is 0 Å². The number of para-hydroxylation sites is 1. The van der Waals surface area contributed by atoms with Crippen molar-refractivity contribution in [3.63, 3.8) is 0 Å². The van der Waals surface area contributed by atoms with Gasteiger partial charge in [0, 0.05) is 39.3 Å². The smallest absolute Gasteiger partial charge is 0.453 e. The Labute approximate surface area is 225 Å². The highest BCUT2D eigenvalue weighted by Gasteiger charge is 2.41. The van der Waals surface area contributed by atoms with Gasteiger partial charge < -0.3 is 14.3 Å². The van der Waals surface area contributed by atoms with Crippen molar-refractivity contribution in [2.45, 2.75) is 19.3 Å². The fourth-order valence-electron chi connectivity index (χ4n) is 4.53. The minimum Gasteiger partial charge on any atom is -0.507 e. The highest BCUT2D eigenvalue weighted by Crippen LogP contribution is 2.41. The molecule has 0 unspecified atom stereocenters. The number of phenols is 1. The summed E-state index contributed by atoms with van der Waals surface area (Å²) in [5.74, 6) is -2.70. The van der Waals surface area contributed by atoms with Gasteiger partial charge in [-0.05, 0) is 45.8 Å². The minimum absolute atomic E-state index is 0.0389. The Bertz CT molecular complexity index is 1500. The molecule has 38 heavy (non-hydrogen) atoms. The summed E-state index contributed by atoms with van der Waals surface area (Å²) >= 11 is 3.22. The molecule has 6 nitrogen and oxygen atoms in total. The maximum atomic E-state index is 14.1. The van der Waals surface area contributed by atoms with E-state index in [1.54, 1.807) is 18.2 Å². The molecule has 198 valence electrons. The van der Waals surface area contributed by atoms with Crippen LogP contribution in [0.4, 0.5) is 13.2 Å². The number of aromatic hydroxyl groups is 1. The molecule has 0 saturated carbocycles. The summed E-state index contributed by atoms with van der Waals surface area (Å²) in [7, 11) is 0. The Morgan fingerprint density at radius 2 is 1.53 bits per heavy atom. The normalized spacial score (nSPS) is 15.2. The van der Waals surface area contributed by atoms with Gasteiger partial charge in [-0.2, -0.15) is 13.2 Å². The first-order valence-electron chi connectivity index (χ1n) is 12.0. The largest absolute Gasteiger partial charge is 0.507 e. The zero-order valence-electron chi connectivity index (χ0n) is 20.2. The van der Waals surface area contributed by atoms with Gasteiger partial charge in [0.1, 0.15) is 17.1 Å². The molecule has 2 heterocycles. The maximum absolute atomic E-state index is 14.1. The Morgan fingerprint density at radius 1 is 0.895 bits per heavy atom. The van der Waals surface area contributed by atoms with Gasteiger partial charge in [-0.1, -0.05) is 42.5 Å². The van der Waals surface area contributed by atoms with E-state index in [0.717, 1.165) is 19.6 Å². The molecular weight excluding hydrogens is 565 g/mol. The van der Waals surface area contributed by atoms with Gasteiger partial charge in [0.25, 0.3) is 5.76 Å².